The van der Waals surface area contributed by atoms with E-state index < -0.39 is 0 Å². The summed E-state index contributed by atoms with van der Waals surface area (Å²) in [5.41, 5.74) is 0.779. The largest absolute Gasteiger partial charge is 0.462 e. The third-order valence-electron chi connectivity index (χ3n) is 5.25. The van der Waals surface area contributed by atoms with Crippen LogP contribution in [0.4, 0.5) is 5.82 Å². The molecule has 1 aliphatic rings. The fraction of sp³-hybridized carbons (Fsp3) is 0.650. The van der Waals surface area contributed by atoms with Gasteiger partial charge in [0.05, 0.1) is 25.2 Å². The van der Waals surface area contributed by atoms with Crippen molar-refractivity contribution in [2.75, 3.05) is 38.2 Å². The molecule has 2 aromatic heterocycles. The van der Waals surface area contributed by atoms with Gasteiger partial charge in [0.15, 0.2) is 5.82 Å². The number of rotatable bonds is 7. The van der Waals surface area contributed by atoms with Crippen LogP contribution >= 0.6 is 11.3 Å². The lowest BCUT2D eigenvalue weighted by Crippen LogP contribution is -3.12. The van der Waals surface area contributed by atoms with Crippen LogP contribution in [0.5, 0.6) is 0 Å². The number of ether oxygens (including phenoxy) is 2. The quantitative estimate of drug-likeness (QED) is 0.685. The van der Waals surface area contributed by atoms with Gasteiger partial charge in [-0.3, -0.25) is 0 Å². The summed E-state index contributed by atoms with van der Waals surface area (Å²) in [5, 5.41) is 4.51. The number of thiophene rings is 1. The van der Waals surface area contributed by atoms with E-state index in [4.69, 9.17) is 19.4 Å². The van der Waals surface area contributed by atoms with Crippen LogP contribution in [0.2, 0.25) is 0 Å². The van der Waals surface area contributed by atoms with Crippen LogP contribution in [0.15, 0.2) is 0 Å². The van der Waals surface area contributed by atoms with E-state index in [1.807, 2.05) is 13.8 Å². The molecule has 0 unspecified atom stereocenters. The minimum absolute atomic E-state index is 0.108. The van der Waals surface area contributed by atoms with Crippen molar-refractivity contribution in [2.45, 2.75) is 53.1 Å². The standard InChI is InChI=1S/C20H30N4O3S/c1-6-20(4,5)23-17-15-13(3)16(19(25)27-7-2)28-18(15)22-14(21-17)12-24-8-10-26-11-9-24/h6-12H2,1-5H3,(H,21,22,23)/p+1. The first kappa shape index (κ1) is 21.0. The number of hydrogen-bond donors (Lipinski definition) is 2. The normalized spacial score (nSPS) is 15.8. The molecule has 0 bridgehead atoms. The third kappa shape index (κ3) is 4.61. The fourth-order valence-electron chi connectivity index (χ4n) is 3.21. The van der Waals surface area contributed by atoms with Crippen LogP contribution in [0.1, 0.15) is 55.2 Å². The van der Waals surface area contributed by atoms with Crippen molar-refractivity contribution in [3.63, 3.8) is 0 Å². The zero-order chi connectivity index (χ0) is 20.3. The van der Waals surface area contributed by atoms with E-state index in [0.717, 1.165) is 66.7 Å². The summed E-state index contributed by atoms with van der Waals surface area (Å²) < 4.78 is 10.7. The highest BCUT2D eigenvalue weighted by Gasteiger charge is 2.25. The molecule has 0 radical (unpaired) electrons. The Morgan fingerprint density at radius 3 is 2.64 bits per heavy atom. The molecule has 2 N–H and O–H groups in total. The number of carbonyl (C=O) groups excluding carboxylic acids is 1. The second-order valence-electron chi connectivity index (χ2n) is 7.85. The molecule has 8 heteroatoms. The highest BCUT2D eigenvalue weighted by atomic mass is 32.1. The molecule has 1 fully saturated rings. The number of morpholine rings is 1. The number of esters is 1. The Hall–Kier alpha value is -1.77. The molecule has 0 aromatic carbocycles. The van der Waals surface area contributed by atoms with E-state index in [1.54, 1.807) is 0 Å². The Bertz CT molecular complexity index is 844. The Morgan fingerprint density at radius 2 is 2.00 bits per heavy atom. The second kappa shape index (κ2) is 8.71. The van der Waals surface area contributed by atoms with Gasteiger partial charge in [-0.2, -0.15) is 0 Å². The number of nitrogens with one attached hydrogen (secondary N) is 2. The number of nitrogens with zero attached hydrogens (tertiary/aromatic N) is 2. The lowest BCUT2D eigenvalue weighted by Gasteiger charge is -2.26. The summed E-state index contributed by atoms with van der Waals surface area (Å²) >= 11 is 1.40. The average molecular weight is 408 g/mol. The summed E-state index contributed by atoms with van der Waals surface area (Å²) in [7, 11) is 0. The molecule has 3 heterocycles. The van der Waals surface area contributed by atoms with Gasteiger partial charge in [-0.1, -0.05) is 6.92 Å². The highest BCUT2D eigenvalue weighted by molar-refractivity contribution is 7.20. The monoisotopic (exact) mass is 407 g/mol. The van der Waals surface area contributed by atoms with E-state index in [9.17, 15) is 4.79 Å². The van der Waals surface area contributed by atoms with Gasteiger partial charge in [-0.05, 0) is 39.7 Å². The van der Waals surface area contributed by atoms with Crippen molar-refractivity contribution < 1.29 is 19.2 Å². The molecule has 28 heavy (non-hydrogen) atoms. The van der Waals surface area contributed by atoms with Crippen molar-refractivity contribution in [3.05, 3.63) is 16.3 Å². The molecule has 0 amide bonds. The average Bonchev–Trinajstić information content (AvgIpc) is 2.99. The van der Waals surface area contributed by atoms with Crippen molar-refractivity contribution in [1.82, 2.24) is 9.97 Å². The second-order valence-corrected chi connectivity index (χ2v) is 8.85. The molecular weight excluding hydrogens is 376 g/mol. The third-order valence-corrected chi connectivity index (χ3v) is 6.41. The summed E-state index contributed by atoms with van der Waals surface area (Å²) in [4.78, 5) is 24.9. The van der Waals surface area contributed by atoms with Crippen LogP contribution < -0.4 is 10.2 Å². The van der Waals surface area contributed by atoms with Gasteiger partial charge in [0, 0.05) is 5.54 Å². The van der Waals surface area contributed by atoms with Crippen molar-refractivity contribution in [1.29, 1.82) is 0 Å². The van der Waals surface area contributed by atoms with Crippen LogP contribution in [-0.4, -0.2) is 54.4 Å². The molecule has 0 spiro atoms. The molecule has 0 aliphatic carbocycles. The topological polar surface area (TPSA) is 77.8 Å². The van der Waals surface area contributed by atoms with Gasteiger partial charge >= 0.3 is 5.97 Å². The van der Waals surface area contributed by atoms with Crippen molar-refractivity contribution in [2.24, 2.45) is 0 Å². The molecule has 1 saturated heterocycles. The zero-order valence-electron chi connectivity index (χ0n) is 17.5. The van der Waals surface area contributed by atoms with Gasteiger partial charge in [0.25, 0.3) is 0 Å². The van der Waals surface area contributed by atoms with Gasteiger partial charge in [0.2, 0.25) is 0 Å². The van der Waals surface area contributed by atoms with Crippen molar-refractivity contribution >= 4 is 33.3 Å². The summed E-state index contributed by atoms with van der Waals surface area (Å²) in [6.07, 6.45) is 0.955. The van der Waals surface area contributed by atoms with E-state index in [2.05, 4.69) is 26.1 Å². The number of hydrogen-bond acceptors (Lipinski definition) is 7. The number of quaternary nitrogens is 1. The van der Waals surface area contributed by atoms with Crippen LogP contribution in [0.25, 0.3) is 10.2 Å². The minimum atomic E-state index is -0.288. The molecule has 7 nitrogen and oxygen atoms in total. The molecule has 3 rings (SSSR count). The maximum Gasteiger partial charge on any atom is 0.348 e. The summed E-state index contributed by atoms with van der Waals surface area (Å²) in [6, 6.07) is 0. The van der Waals surface area contributed by atoms with E-state index in [1.165, 1.54) is 16.2 Å². The van der Waals surface area contributed by atoms with Gasteiger partial charge in [0.1, 0.15) is 35.2 Å². The maximum atomic E-state index is 12.4. The van der Waals surface area contributed by atoms with E-state index in [-0.39, 0.29) is 11.5 Å². The predicted octanol–water partition coefficient (Wildman–Crippen LogP) is 2.19. The summed E-state index contributed by atoms with van der Waals surface area (Å²) in [5.74, 6) is 1.32. The lowest BCUT2D eigenvalue weighted by atomic mass is 10.0. The fourth-order valence-corrected chi connectivity index (χ4v) is 4.31. The molecular formula is C20H31N4O3S+. The van der Waals surface area contributed by atoms with Crippen LogP contribution in [0.3, 0.4) is 0 Å². The van der Waals surface area contributed by atoms with Crippen molar-refractivity contribution in [3.8, 4) is 0 Å². The Balaban J connectivity index is 2.04. The molecule has 1 aliphatic heterocycles. The van der Waals surface area contributed by atoms with Gasteiger partial charge < -0.3 is 19.7 Å². The Morgan fingerprint density at radius 1 is 1.29 bits per heavy atom. The smallest absolute Gasteiger partial charge is 0.348 e. The Kier molecular flexibility index (Phi) is 6.52. The molecule has 2 aromatic rings. The number of aromatic nitrogens is 2. The minimum Gasteiger partial charge on any atom is -0.462 e. The lowest BCUT2D eigenvalue weighted by molar-refractivity contribution is -0.922. The first-order valence-corrected chi connectivity index (χ1v) is 10.8. The first-order valence-electron chi connectivity index (χ1n) is 10.0. The number of aryl methyl sites for hydroxylation is 1. The van der Waals surface area contributed by atoms with Gasteiger partial charge in [-0.25, -0.2) is 14.8 Å². The summed E-state index contributed by atoms with van der Waals surface area (Å²) in [6.45, 7) is 14.8. The number of fused-ring (bicyclic) bond motifs is 1. The number of carbonyl (C=O) groups is 1. The number of anilines is 1. The molecule has 154 valence electrons. The molecule has 0 atom stereocenters. The molecule has 0 saturated carbocycles. The highest BCUT2D eigenvalue weighted by Crippen LogP contribution is 2.35. The first-order chi connectivity index (χ1) is 13.3. The van der Waals surface area contributed by atoms with Crippen LogP contribution in [-0.2, 0) is 16.0 Å². The van der Waals surface area contributed by atoms with Crippen LogP contribution in [0, 0.1) is 6.92 Å². The zero-order valence-corrected chi connectivity index (χ0v) is 18.3. The SMILES string of the molecule is CCOC(=O)c1sc2nc(C[NH+]3CCOCC3)nc(NC(C)(C)CC)c2c1C. The Labute approximate surface area is 170 Å². The maximum absolute atomic E-state index is 12.4. The van der Waals surface area contributed by atoms with E-state index in [0.29, 0.717) is 11.5 Å². The van der Waals surface area contributed by atoms with E-state index >= 15 is 0 Å². The predicted molar refractivity (Wildman–Crippen MR) is 111 cm³/mol. The van der Waals surface area contributed by atoms with Gasteiger partial charge in [-0.15, -0.1) is 11.3 Å².